The van der Waals surface area contributed by atoms with E-state index in [1.54, 1.807) is 23.0 Å². The average Bonchev–Trinajstić information content (AvgIpc) is 3.33. The third-order valence-corrected chi connectivity index (χ3v) is 7.13. The molecule has 1 amide bonds. The predicted octanol–water partition coefficient (Wildman–Crippen LogP) is 1.74. The molecule has 0 fully saturated rings. The van der Waals surface area contributed by atoms with E-state index in [-0.39, 0.29) is 29.9 Å². The summed E-state index contributed by atoms with van der Waals surface area (Å²) in [5, 5.41) is 45.6. The molecule has 6 N–H and O–H groups in total. The highest BCUT2D eigenvalue weighted by molar-refractivity contribution is 6.04. The van der Waals surface area contributed by atoms with E-state index < -0.39 is 17.6 Å². The van der Waals surface area contributed by atoms with E-state index >= 15 is 0 Å². The third-order valence-electron chi connectivity index (χ3n) is 7.13. The van der Waals surface area contributed by atoms with Crippen LogP contribution in [-0.4, -0.2) is 68.7 Å². The van der Waals surface area contributed by atoms with Crippen LogP contribution in [0, 0.1) is 13.8 Å². The zero-order valence-electron chi connectivity index (χ0n) is 23.9. The van der Waals surface area contributed by atoms with Crippen molar-refractivity contribution in [1.29, 1.82) is 0 Å². The number of carbonyl (C=O) groups is 1. The molecule has 1 aromatic carbocycles. The topological polar surface area (TPSA) is 194 Å². The number of nitrogens with one attached hydrogen (secondary N) is 3. The Balaban J connectivity index is 1.39. The Hall–Kier alpha value is -4.50. The van der Waals surface area contributed by atoms with Gasteiger partial charge in [-0.2, -0.15) is 10.2 Å². The van der Waals surface area contributed by atoms with Gasteiger partial charge in [-0.3, -0.25) is 19.3 Å². The van der Waals surface area contributed by atoms with Crippen LogP contribution in [0.2, 0.25) is 0 Å². The summed E-state index contributed by atoms with van der Waals surface area (Å²) < 4.78 is 1.65. The second-order valence-corrected chi connectivity index (χ2v) is 11.3. The number of hydrogen-bond donors (Lipinski definition) is 6. The number of carbonyl (C=O) groups excluding carboxylic acids is 1. The number of aryl methyl sites for hydroxylation is 1. The first-order valence-electron chi connectivity index (χ1n) is 13.3. The molecule has 0 spiro atoms. The first-order valence-corrected chi connectivity index (χ1v) is 13.3. The van der Waals surface area contributed by atoms with Gasteiger partial charge >= 0.3 is 6.10 Å². The number of H-pyrrole nitrogens is 1. The fraction of sp³-hybridized carbons (Fsp3) is 0.357. The lowest BCUT2D eigenvalue weighted by molar-refractivity contribution is -0.398. The van der Waals surface area contributed by atoms with Crippen molar-refractivity contribution in [3.63, 3.8) is 0 Å². The molecule has 14 heteroatoms. The van der Waals surface area contributed by atoms with E-state index in [2.05, 4.69) is 35.9 Å². The number of aromatic nitrogens is 6. The highest BCUT2D eigenvalue weighted by Gasteiger charge is 2.33. The molecule has 0 bridgehead atoms. The molecule has 5 rings (SSSR count). The zero-order chi connectivity index (χ0) is 30.4. The minimum Gasteiger partial charge on any atom is -0.334 e. The lowest BCUT2D eigenvalue weighted by atomic mass is 9.93. The normalized spacial score (nSPS) is 14.0. The number of anilines is 3. The van der Waals surface area contributed by atoms with Crippen LogP contribution in [0.15, 0.2) is 41.5 Å². The minimum absolute atomic E-state index is 0.0412. The summed E-state index contributed by atoms with van der Waals surface area (Å²) in [4.78, 5) is 35.5. The molecule has 220 valence electrons. The Labute approximate surface area is 241 Å². The van der Waals surface area contributed by atoms with Gasteiger partial charge in [0.05, 0.1) is 29.8 Å². The Bertz CT molecular complexity index is 1700. The number of fused-ring (bicyclic) bond motifs is 1. The van der Waals surface area contributed by atoms with Crippen molar-refractivity contribution in [1.82, 2.24) is 34.8 Å². The molecule has 42 heavy (non-hydrogen) atoms. The Kier molecular flexibility index (Phi) is 7.41. The second-order valence-electron chi connectivity index (χ2n) is 11.3. The molecular weight excluding hydrogens is 542 g/mol. The molecule has 0 unspecified atom stereocenters. The molecule has 4 heterocycles. The smallest absolute Gasteiger partial charge is 0.334 e. The molecule has 1 aliphatic heterocycles. The van der Waals surface area contributed by atoms with Crippen LogP contribution in [0.1, 0.15) is 53.8 Å². The summed E-state index contributed by atoms with van der Waals surface area (Å²) in [7, 11) is 0. The Morgan fingerprint density at radius 2 is 1.81 bits per heavy atom. The predicted molar refractivity (Wildman–Crippen MR) is 154 cm³/mol. The van der Waals surface area contributed by atoms with E-state index in [9.17, 15) is 24.9 Å². The van der Waals surface area contributed by atoms with E-state index in [4.69, 9.17) is 0 Å². The van der Waals surface area contributed by atoms with Gasteiger partial charge in [-0.25, -0.2) is 15.0 Å². The average molecular weight is 576 g/mol. The Morgan fingerprint density at radius 1 is 1.05 bits per heavy atom. The molecule has 3 aromatic heterocycles. The monoisotopic (exact) mass is 575 g/mol. The molecule has 0 atom stereocenters. The van der Waals surface area contributed by atoms with Crippen molar-refractivity contribution >= 4 is 23.1 Å². The van der Waals surface area contributed by atoms with Gasteiger partial charge in [0.1, 0.15) is 11.4 Å². The van der Waals surface area contributed by atoms with Crippen LogP contribution < -0.4 is 16.2 Å². The summed E-state index contributed by atoms with van der Waals surface area (Å²) in [6.07, 6.45) is 0.134. The maximum atomic E-state index is 13.0. The lowest BCUT2D eigenvalue weighted by Crippen LogP contribution is -2.51. The molecule has 0 saturated carbocycles. The van der Waals surface area contributed by atoms with Gasteiger partial charge in [0.2, 0.25) is 0 Å². The van der Waals surface area contributed by atoms with Gasteiger partial charge in [0.25, 0.3) is 11.5 Å². The summed E-state index contributed by atoms with van der Waals surface area (Å²) in [6.45, 7) is 10.3. The quantitative estimate of drug-likeness (QED) is 0.183. The summed E-state index contributed by atoms with van der Waals surface area (Å²) >= 11 is 0. The largest absolute Gasteiger partial charge is 0.346 e. The van der Waals surface area contributed by atoms with E-state index in [1.165, 1.54) is 6.20 Å². The third kappa shape index (κ3) is 5.92. The number of amides is 1. The number of nitrogens with zero attached hydrogens (tertiary/aromatic N) is 6. The molecule has 1 aliphatic rings. The van der Waals surface area contributed by atoms with Crippen LogP contribution in [0.3, 0.4) is 0 Å². The maximum Gasteiger partial charge on any atom is 0.346 e. The number of hydrogen-bond acceptors (Lipinski definition) is 11. The number of rotatable bonds is 6. The van der Waals surface area contributed by atoms with Gasteiger partial charge in [-0.05, 0) is 31.0 Å². The van der Waals surface area contributed by atoms with Gasteiger partial charge < -0.3 is 26.0 Å². The number of aliphatic hydroxyl groups is 3. The maximum absolute atomic E-state index is 13.0. The highest BCUT2D eigenvalue weighted by atomic mass is 16.7. The van der Waals surface area contributed by atoms with Crippen molar-refractivity contribution in [2.75, 3.05) is 17.2 Å². The van der Waals surface area contributed by atoms with Crippen molar-refractivity contribution in [3.05, 3.63) is 75.2 Å². The second kappa shape index (κ2) is 10.7. The number of aromatic amines is 1. The summed E-state index contributed by atoms with van der Waals surface area (Å²) in [5.74, 6) is -0.0349. The first kappa shape index (κ1) is 29.0. The van der Waals surface area contributed by atoms with Crippen LogP contribution in [0.5, 0.6) is 0 Å². The Morgan fingerprint density at radius 3 is 2.48 bits per heavy atom. The van der Waals surface area contributed by atoms with Gasteiger partial charge in [0.15, 0.2) is 5.82 Å². The van der Waals surface area contributed by atoms with Crippen molar-refractivity contribution in [2.45, 2.75) is 59.2 Å². The molecule has 14 nitrogen and oxygen atoms in total. The van der Waals surface area contributed by atoms with Crippen LogP contribution in [0.4, 0.5) is 17.2 Å². The van der Waals surface area contributed by atoms with Crippen molar-refractivity contribution in [3.8, 4) is 11.3 Å². The standard InChI is InChI=1S/C28H33N9O5/c1-15-6-7-18(16(2)24(15)32-25(38)21-12-30-22(13-29-21)27(3,4)5)19-11-20(26(39)34-33-19)31-23-10-17-14-36(28(40,41)42)8-9-37(17)35-23/h6-7,10-13,40-42H,8-9,14H2,1-5H3,(H,32,38)(H,34,39)(H,31,33,35). The fourth-order valence-corrected chi connectivity index (χ4v) is 4.69. The van der Waals surface area contributed by atoms with E-state index in [0.29, 0.717) is 35.0 Å². The van der Waals surface area contributed by atoms with Gasteiger partial charge in [-0.15, -0.1) is 0 Å². The van der Waals surface area contributed by atoms with Crippen LogP contribution in [-0.2, 0) is 18.5 Å². The van der Waals surface area contributed by atoms with E-state index in [1.807, 2.05) is 46.8 Å². The molecule has 0 radical (unpaired) electrons. The first-order chi connectivity index (χ1) is 19.7. The van der Waals surface area contributed by atoms with Crippen molar-refractivity contribution < 1.29 is 20.1 Å². The fourth-order valence-electron chi connectivity index (χ4n) is 4.69. The summed E-state index contributed by atoms with van der Waals surface area (Å²) in [6, 6.07) is 6.95. The molecule has 0 aliphatic carbocycles. The zero-order valence-corrected chi connectivity index (χ0v) is 23.9. The van der Waals surface area contributed by atoms with Crippen LogP contribution in [0.25, 0.3) is 11.3 Å². The van der Waals surface area contributed by atoms with Gasteiger partial charge in [0, 0.05) is 42.0 Å². The lowest BCUT2D eigenvalue weighted by Gasteiger charge is -2.33. The van der Waals surface area contributed by atoms with Gasteiger partial charge in [-0.1, -0.05) is 32.9 Å². The SMILES string of the molecule is Cc1ccc(-c2cc(Nc3cc4n(n3)CCN(C(O)(O)O)C4)c(=O)[nH]n2)c(C)c1NC(=O)c1cnc(C(C)(C)C)cn1. The molecular formula is C28H33N9O5. The molecule has 4 aromatic rings. The highest BCUT2D eigenvalue weighted by Crippen LogP contribution is 2.31. The van der Waals surface area contributed by atoms with Crippen LogP contribution >= 0.6 is 0 Å². The minimum atomic E-state index is -2.94. The molecule has 0 saturated heterocycles. The van der Waals surface area contributed by atoms with E-state index in [0.717, 1.165) is 21.7 Å². The number of benzene rings is 1. The summed E-state index contributed by atoms with van der Waals surface area (Å²) in [5.41, 5.74) is 4.43. The van der Waals surface area contributed by atoms with Crippen molar-refractivity contribution in [2.24, 2.45) is 0 Å².